The number of nitrogens with two attached hydrogens (primary N) is 1. The van der Waals surface area contributed by atoms with Gasteiger partial charge in [-0.2, -0.15) is 0 Å². The number of hydrogen-bond donors (Lipinski definition) is 2. The summed E-state index contributed by atoms with van der Waals surface area (Å²) in [6.45, 7) is 4.10. The molecule has 0 bridgehead atoms. The molecular weight excluding hydrogens is 298 g/mol. The quantitative estimate of drug-likeness (QED) is 0.876. The zero-order chi connectivity index (χ0) is 13.9. The SMILES string of the molecule is COc1c(C(C)C)cc(Br)cc1C(N)CC(=O)O. The van der Waals surface area contributed by atoms with Gasteiger partial charge in [0.05, 0.1) is 13.5 Å². The van der Waals surface area contributed by atoms with Gasteiger partial charge in [0, 0.05) is 16.1 Å². The van der Waals surface area contributed by atoms with E-state index in [9.17, 15) is 4.79 Å². The summed E-state index contributed by atoms with van der Waals surface area (Å²) in [6, 6.07) is 3.21. The fourth-order valence-electron chi connectivity index (χ4n) is 1.87. The Morgan fingerprint density at radius 1 is 1.44 bits per heavy atom. The number of carboxylic acids is 1. The van der Waals surface area contributed by atoms with E-state index in [4.69, 9.17) is 15.6 Å². The van der Waals surface area contributed by atoms with Gasteiger partial charge in [-0.25, -0.2) is 0 Å². The number of ether oxygens (including phenoxy) is 1. The topological polar surface area (TPSA) is 72.5 Å². The van der Waals surface area contributed by atoms with Crippen LogP contribution in [0.3, 0.4) is 0 Å². The summed E-state index contributed by atoms with van der Waals surface area (Å²) in [4.78, 5) is 10.8. The average molecular weight is 316 g/mol. The molecule has 0 amide bonds. The average Bonchev–Trinajstić information content (AvgIpc) is 2.26. The predicted molar refractivity (Wildman–Crippen MR) is 74.0 cm³/mol. The standard InChI is InChI=1S/C13H18BrNO3/c1-7(2)9-4-8(14)5-10(13(9)18-3)11(15)6-12(16)17/h4-5,7,11H,6,15H2,1-3H3,(H,16,17). The first kappa shape index (κ1) is 15.0. The number of aliphatic carboxylic acids is 1. The van der Waals surface area contributed by atoms with Crippen LogP contribution in [0.5, 0.6) is 5.75 Å². The molecule has 0 aliphatic heterocycles. The van der Waals surface area contributed by atoms with E-state index in [1.807, 2.05) is 12.1 Å². The molecule has 0 aromatic heterocycles. The molecule has 1 unspecified atom stereocenters. The fraction of sp³-hybridized carbons (Fsp3) is 0.462. The molecule has 0 aliphatic rings. The zero-order valence-electron chi connectivity index (χ0n) is 10.7. The highest BCUT2D eigenvalue weighted by Crippen LogP contribution is 2.36. The number of methoxy groups -OCH3 is 1. The molecule has 0 radical (unpaired) electrons. The Morgan fingerprint density at radius 3 is 2.44 bits per heavy atom. The molecule has 1 atom stereocenters. The van der Waals surface area contributed by atoms with Crippen LogP contribution in [0.2, 0.25) is 0 Å². The van der Waals surface area contributed by atoms with Crippen LogP contribution in [-0.4, -0.2) is 18.2 Å². The third-order valence-corrected chi connectivity index (χ3v) is 3.19. The maximum Gasteiger partial charge on any atom is 0.305 e. The van der Waals surface area contributed by atoms with E-state index >= 15 is 0 Å². The molecule has 4 nitrogen and oxygen atoms in total. The lowest BCUT2D eigenvalue weighted by Crippen LogP contribution is -2.16. The molecule has 100 valence electrons. The molecule has 0 saturated carbocycles. The molecule has 0 heterocycles. The largest absolute Gasteiger partial charge is 0.496 e. The third kappa shape index (κ3) is 3.46. The lowest BCUT2D eigenvalue weighted by molar-refractivity contribution is -0.137. The van der Waals surface area contributed by atoms with E-state index in [0.29, 0.717) is 5.75 Å². The first-order valence-corrected chi connectivity index (χ1v) is 6.50. The van der Waals surface area contributed by atoms with Crippen LogP contribution >= 0.6 is 15.9 Å². The summed E-state index contributed by atoms with van der Waals surface area (Å²) >= 11 is 3.42. The lowest BCUT2D eigenvalue weighted by Gasteiger charge is -2.20. The molecule has 0 saturated heterocycles. The van der Waals surface area contributed by atoms with E-state index in [0.717, 1.165) is 15.6 Å². The second-order valence-electron chi connectivity index (χ2n) is 4.48. The smallest absolute Gasteiger partial charge is 0.305 e. The number of carbonyl (C=O) groups is 1. The monoisotopic (exact) mass is 315 g/mol. The van der Waals surface area contributed by atoms with Crippen molar-refractivity contribution in [3.8, 4) is 5.75 Å². The van der Waals surface area contributed by atoms with Crippen molar-refractivity contribution in [2.45, 2.75) is 32.2 Å². The van der Waals surface area contributed by atoms with E-state index in [1.54, 1.807) is 7.11 Å². The van der Waals surface area contributed by atoms with E-state index in [1.165, 1.54) is 0 Å². The summed E-state index contributed by atoms with van der Waals surface area (Å²) in [5.41, 5.74) is 7.67. The van der Waals surface area contributed by atoms with Crippen LogP contribution in [-0.2, 0) is 4.79 Å². The molecule has 18 heavy (non-hydrogen) atoms. The van der Waals surface area contributed by atoms with Gasteiger partial charge in [-0.05, 0) is 23.6 Å². The Morgan fingerprint density at radius 2 is 2.00 bits per heavy atom. The Bertz CT molecular complexity index is 446. The normalized spacial score (nSPS) is 12.6. The van der Waals surface area contributed by atoms with Crippen molar-refractivity contribution in [1.82, 2.24) is 0 Å². The molecule has 0 spiro atoms. The summed E-state index contributed by atoms with van der Waals surface area (Å²) in [7, 11) is 1.58. The summed E-state index contributed by atoms with van der Waals surface area (Å²) in [6.07, 6.45) is -0.121. The number of halogens is 1. The van der Waals surface area contributed by atoms with Crippen molar-refractivity contribution in [3.05, 3.63) is 27.7 Å². The molecule has 5 heteroatoms. The summed E-state index contributed by atoms with van der Waals surface area (Å²) < 4.78 is 6.28. The van der Waals surface area contributed by atoms with Gasteiger partial charge in [0.2, 0.25) is 0 Å². The molecule has 1 rings (SSSR count). The Hall–Kier alpha value is -1.07. The highest BCUT2D eigenvalue weighted by Gasteiger charge is 2.20. The minimum absolute atomic E-state index is 0.121. The van der Waals surface area contributed by atoms with Crippen LogP contribution in [0.15, 0.2) is 16.6 Å². The first-order chi connectivity index (χ1) is 8.36. The minimum atomic E-state index is -0.921. The second kappa shape index (κ2) is 6.20. The number of carboxylic acid groups (broad SMARTS) is 1. The highest BCUT2D eigenvalue weighted by molar-refractivity contribution is 9.10. The van der Waals surface area contributed by atoms with Crippen molar-refractivity contribution in [3.63, 3.8) is 0 Å². The molecule has 1 aromatic carbocycles. The van der Waals surface area contributed by atoms with Gasteiger partial charge in [0.1, 0.15) is 5.75 Å². The van der Waals surface area contributed by atoms with E-state index in [-0.39, 0.29) is 12.3 Å². The highest BCUT2D eigenvalue weighted by atomic mass is 79.9. The van der Waals surface area contributed by atoms with Crippen molar-refractivity contribution in [2.24, 2.45) is 5.73 Å². The Kier molecular flexibility index (Phi) is 5.16. The zero-order valence-corrected chi connectivity index (χ0v) is 12.3. The maximum atomic E-state index is 10.8. The van der Waals surface area contributed by atoms with E-state index in [2.05, 4.69) is 29.8 Å². The van der Waals surface area contributed by atoms with Crippen molar-refractivity contribution < 1.29 is 14.6 Å². The number of benzene rings is 1. The number of rotatable bonds is 5. The van der Waals surface area contributed by atoms with Crippen molar-refractivity contribution >= 4 is 21.9 Å². The van der Waals surface area contributed by atoms with Gasteiger partial charge >= 0.3 is 5.97 Å². The van der Waals surface area contributed by atoms with Gasteiger partial charge in [0.15, 0.2) is 0 Å². The van der Waals surface area contributed by atoms with E-state index < -0.39 is 12.0 Å². The number of hydrogen-bond acceptors (Lipinski definition) is 3. The molecular formula is C13H18BrNO3. The Labute approximate surface area is 115 Å². The summed E-state index contributed by atoms with van der Waals surface area (Å²) in [5.74, 6) is 0.0332. The maximum absolute atomic E-state index is 10.8. The molecule has 1 aromatic rings. The fourth-order valence-corrected chi connectivity index (χ4v) is 2.37. The summed E-state index contributed by atoms with van der Waals surface area (Å²) in [5, 5.41) is 8.82. The van der Waals surface area contributed by atoms with Crippen LogP contribution in [0, 0.1) is 0 Å². The third-order valence-electron chi connectivity index (χ3n) is 2.73. The lowest BCUT2D eigenvalue weighted by atomic mass is 9.95. The van der Waals surface area contributed by atoms with Crippen LogP contribution < -0.4 is 10.5 Å². The van der Waals surface area contributed by atoms with Gasteiger partial charge in [-0.1, -0.05) is 29.8 Å². The molecule has 3 N–H and O–H groups in total. The predicted octanol–water partition coefficient (Wildman–Crippen LogP) is 3.06. The molecule has 0 fully saturated rings. The second-order valence-corrected chi connectivity index (χ2v) is 5.39. The first-order valence-electron chi connectivity index (χ1n) is 5.71. The van der Waals surface area contributed by atoms with Gasteiger partial charge in [-0.15, -0.1) is 0 Å². The minimum Gasteiger partial charge on any atom is -0.496 e. The van der Waals surface area contributed by atoms with Crippen LogP contribution in [0.4, 0.5) is 0 Å². The van der Waals surface area contributed by atoms with Gasteiger partial charge in [-0.3, -0.25) is 4.79 Å². The van der Waals surface area contributed by atoms with Crippen molar-refractivity contribution in [1.29, 1.82) is 0 Å². The van der Waals surface area contributed by atoms with Crippen LogP contribution in [0.1, 0.15) is 43.4 Å². The van der Waals surface area contributed by atoms with Gasteiger partial charge < -0.3 is 15.6 Å². The Balaban J connectivity index is 3.28. The van der Waals surface area contributed by atoms with Crippen LogP contribution in [0.25, 0.3) is 0 Å². The van der Waals surface area contributed by atoms with Crippen molar-refractivity contribution in [2.75, 3.05) is 7.11 Å². The van der Waals surface area contributed by atoms with Gasteiger partial charge in [0.25, 0.3) is 0 Å². The molecule has 0 aliphatic carbocycles.